The zero-order chi connectivity index (χ0) is 14.8. The fourth-order valence-corrected chi connectivity index (χ4v) is 2.12. The Balaban J connectivity index is 2.06. The number of alkyl halides is 3. The molecular formula is C15H16F3NO. The number of aliphatic hydroxyl groups excluding tert-OH is 1. The van der Waals surface area contributed by atoms with Gasteiger partial charge in [0.25, 0.3) is 0 Å². The van der Waals surface area contributed by atoms with Crippen LogP contribution in [0.5, 0.6) is 0 Å². The number of benzene rings is 1. The van der Waals surface area contributed by atoms with Crippen LogP contribution in [0.15, 0.2) is 30.3 Å². The van der Waals surface area contributed by atoms with Gasteiger partial charge in [-0.2, -0.15) is 13.2 Å². The molecule has 1 N–H and O–H groups in total. The minimum absolute atomic E-state index is 0.0746. The first-order valence-corrected chi connectivity index (χ1v) is 6.47. The van der Waals surface area contributed by atoms with Crippen molar-refractivity contribution < 1.29 is 18.3 Å². The number of aromatic nitrogens is 1. The first-order valence-electron chi connectivity index (χ1n) is 6.47. The van der Waals surface area contributed by atoms with Crippen molar-refractivity contribution >= 4 is 10.9 Å². The molecule has 2 rings (SSSR count). The number of aryl methyl sites for hydroxylation is 1. The second-order valence-electron chi connectivity index (χ2n) is 4.93. The zero-order valence-electron chi connectivity index (χ0n) is 11.1. The summed E-state index contributed by atoms with van der Waals surface area (Å²) in [7, 11) is 0. The van der Waals surface area contributed by atoms with E-state index in [1.165, 1.54) is 0 Å². The smallest absolute Gasteiger partial charge is 0.388 e. The standard InChI is InChI=1S/C15H16F3NO/c1-10-4-5-11-9-12(6-7-13(11)19-10)14(20)3-2-8-15(16,17)18/h4-7,9,14,20H,2-3,8H2,1H3. The lowest BCUT2D eigenvalue weighted by Gasteiger charge is -2.12. The predicted molar refractivity (Wildman–Crippen MR) is 71.3 cm³/mol. The average Bonchev–Trinajstić information content (AvgIpc) is 2.36. The van der Waals surface area contributed by atoms with Crippen molar-refractivity contribution in [3.8, 4) is 0 Å². The van der Waals surface area contributed by atoms with Gasteiger partial charge in [-0.15, -0.1) is 0 Å². The van der Waals surface area contributed by atoms with Crippen LogP contribution in [0.2, 0.25) is 0 Å². The van der Waals surface area contributed by atoms with Crippen molar-refractivity contribution in [2.24, 2.45) is 0 Å². The Morgan fingerprint density at radius 2 is 1.95 bits per heavy atom. The van der Waals surface area contributed by atoms with Gasteiger partial charge in [0.05, 0.1) is 11.6 Å². The molecule has 2 nitrogen and oxygen atoms in total. The van der Waals surface area contributed by atoms with Crippen LogP contribution in [0, 0.1) is 6.92 Å². The minimum atomic E-state index is -4.16. The van der Waals surface area contributed by atoms with Crippen LogP contribution in [0.25, 0.3) is 10.9 Å². The highest BCUT2D eigenvalue weighted by Gasteiger charge is 2.26. The van der Waals surface area contributed by atoms with Crippen LogP contribution in [0.4, 0.5) is 13.2 Å². The lowest BCUT2D eigenvalue weighted by atomic mass is 10.0. The summed E-state index contributed by atoms with van der Waals surface area (Å²) in [5.41, 5.74) is 2.34. The van der Waals surface area contributed by atoms with Crippen LogP contribution in [0.1, 0.15) is 36.6 Å². The highest BCUT2D eigenvalue weighted by Crippen LogP contribution is 2.27. The Labute approximate surface area is 115 Å². The zero-order valence-corrected chi connectivity index (χ0v) is 11.1. The third-order valence-electron chi connectivity index (χ3n) is 3.18. The Hall–Kier alpha value is -1.62. The van der Waals surface area contributed by atoms with Gasteiger partial charge in [-0.1, -0.05) is 12.1 Å². The molecule has 1 aromatic carbocycles. The second kappa shape index (κ2) is 5.79. The number of hydrogen-bond donors (Lipinski definition) is 1. The molecule has 0 saturated carbocycles. The average molecular weight is 283 g/mol. The number of rotatable bonds is 4. The van der Waals surface area contributed by atoms with Gasteiger partial charge in [0.2, 0.25) is 0 Å². The number of hydrogen-bond acceptors (Lipinski definition) is 2. The number of fused-ring (bicyclic) bond motifs is 1. The fraction of sp³-hybridized carbons (Fsp3) is 0.400. The number of halogens is 3. The van der Waals surface area contributed by atoms with Crippen molar-refractivity contribution in [3.63, 3.8) is 0 Å². The van der Waals surface area contributed by atoms with E-state index in [0.29, 0.717) is 5.56 Å². The minimum Gasteiger partial charge on any atom is -0.388 e. The van der Waals surface area contributed by atoms with Crippen molar-refractivity contribution in [2.75, 3.05) is 0 Å². The topological polar surface area (TPSA) is 33.1 Å². The molecule has 1 aromatic heterocycles. The molecule has 0 aliphatic carbocycles. The third-order valence-corrected chi connectivity index (χ3v) is 3.18. The summed E-state index contributed by atoms with van der Waals surface area (Å²) in [5, 5.41) is 10.8. The Bertz CT molecular complexity index is 595. The first kappa shape index (κ1) is 14.8. The molecule has 0 aliphatic heterocycles. The quantitative estimate of drug-likeness (QED) is 0.907. The van der Waals surface area contributed by atoms with E-state index in [9.17, 15) is 18.3 Å². The Morgan fingerprint density at radius 3 is 2.65 bits per heavy atom. The maximum Gasteiger partial charge on any atom is 0.389 e. The molecule has 0 saturated heterocycles. The summed E-state index contributed by atoms with van der Waals surface area (Å²) in [5.74, 6) is 0. The molecule has 0 amide bonds. The first-order chi connectivity index (χ1) is 9.35. The Kier molecular flexibility index (Phi) is 4.28. The maximum absolute atomic E-state index is 12.1. The van der Waals surface area contributed by atoms with Crippen molar-refractivity contribution in [2.45, 2.75) is 38.5 Å². The van der Waals surface area contributed by atoms with Gasteiger partial charge >= 0.3 is 6.18 Å². The number of nitrogens with zero attached hydrogens (tertiary/aromatic N) is 1. The van der Waals surface area contributed by atoms with E-state index in [1.807, 2.05) is 19.1 Å². The predicted octanol–water partition coefficient (Wildman–Crippen LogP) is 4.31. The van der Waals surface area contributed by atoms with E-state index >= 15 is 0 Å². The summed E-state index contributed by atoms with van der Waals surface area (Å²) in [6, 6.07) is 9.03. The van der Waals surface area contributed by atoms with E-state index in [1.54, 1.807) is 18.2 Å². The molecule has 108 valence electrons. The maximum atomic E-state index is 12.1. The Morgan fingerprint density at radius 1 is 1.20 bits per heavy atom. The molecule has 20 heavy (non-hydrogen) atoms. The summed E-state index contributed by atoms with van der Waals surface area (Å²) >= 11 is 0. The molecular weight excluding hydrogens is 267 g/mol. The lowest BCUT2D eigenvalue weighted by molar-refractivity contribution is -0.136. The van der Waals surface area contributed by atoms with Crippen molar-refractivity contribution in [1.82, 2.24) is 4.98 Å². The van der Waals surface area contributed by atoms with Gasteiger partial charge in [0.1, 0.15) is 0 Å². The van der Waals surface area contributed by atoms with Gasteiger partial charge in [0.15, 0.2) is 0 Å². The second-order valence-corrected chi connectivity index (χ2v) is 4.93. The third kappa shape index (κ3) is 3.93. The van der Waals surface area contributed by atoms with Crippen LogP contribution >= 0.6 is 0 Å². The molecule has 0 bridgehead atoms. The van der Waals surface area contributed by atoms with E-state index in [2.05, 4.69) is 4.98 Å². The van der Waals surface area contributed by atoms with Gasteiger partial charge in [0, 0.05) is 17.5 Å². The van der Waals surface area contributed by atoms with Crippen LogP contribution < -0.4 is 0 Å². The molecule has 0 radical (unpaired) electrons. The van der Waals surface area contributed by atoms with Gasteiger partial charge in [-0.3, -0.25) is 4.98 Å². The summed E-state index contributed by atoms with van der Waals surface area (Å²) < 4.78 is 36.2. The summed E-state index contributed by atoms with van der Waals surface area (Å²) in [4.78, 5) is 4.34. The van der Waals surface area contributed by atoms with Crippen LogP contribution in [-0.4, -0.2) is 16.3 Å². The fourth-order valence-electron chi connectivity index (χ4n) is 2.12. The summed E-state index contributed by atoms with van der Waals surface area (Å²) in [6.07, 6.45) is -5.87. The SMILES string of the molecule is Cc1ccc2cc(C(O)CCCC(F)(F)F)ccc2n1. The largest absolute Gasteiger partial charge is 0.389 e. The number of aliphatic hydroxyl groups is 1. The summed E-state index contributed by atoms with van der Waals surface area (Å²) in [6.45, 7) is 1.89. The molecule has 0 aliphatic rings. The normalized spacial score (nSPS) is 13.7. The molecule has 5 heteroatoms. The van der Waals surface area contributed by atoms with Gasteiger partial charge in [-0.25, -0.2) is 0 Å². The van der Waals surface area contributed by atoms with Crippen LogP contribution in [-0.2, 0) is 0 Å². The van der Waals surface area contributed by atoms with Crippen molar-refractivity contribution in [3.05, 3.63) is 41.6 Å². The molecule has 2 aromatic rings. The van der Waals surface area contributed by atoms with E-state index < -0.39 is 18.7 Å². The highest BCUT2D eigenvalue weighted by atomic mass is 19.4. The van der Waals surface area contributed by atoms with Crippen molar-refractivity contribution in [1.29, 1.82) is 0 Å². The van der Waals surface area contributed by atoms with E-state index in [-0.39, 0.29) is 12.8 Å². The molecule has 1 unspecified atom stereocenters. The van der Waals surface area contributed by atoms with Gasteiger partial charge < -0.3 is 5.11 Å². The van der Waals surface area contributed by atoms with Gasteiger partial charge in [-0.05, 0) is 43.5 Å². The highest BCUT2D eigenvalue weighted by molar-refractivity contribution is 5.79. The molecule has 1 atom stereocenters. The van der Waals surface area contributed by atoms with Crippen LogP contribution in [0.3, 0.4) is 0 Å². The molecule has 1 heterocycles. The number of pyridine rings is 1. The van der Waals surface area contributed by atoms with E-state index in [0.717, 1.165) is 16.6 Å². The van der Waals surface area contributed by atoms with E-state index in [4.69, 9.17) is 0 Å². The molecule has 0 fully saturated rings. The monoisotopic (exact) mass is 283 g/mol. The lowest BCUT2D eigenvalue weighted by Crippen LogP contribution is -2.08. The molecule has 0 spiro atoms.